The number of nitrogens with zero attached hydrogens (tertiary/aromatic N) is 2. The Labute approximate surface area is 334 Å². The van der Waals surface area contributed by atoms with Crippen molar-refractivity contribution in [3.63, 3.8) is 0 Å². The predicted molar refractivity (Wildman–Crippen MR) is 223 cm³/mol. The SMILES string of the molecule is CC(C)(C)N1C(=O)C(NCCO)=C(c2ccccc2)S1(=O)=O.CC(C)(C)N1C(=O)C(NCCSc2ccccc2-c2ccccc2)=C(c2ccccc2)S1(=O)=O. The lowest BCUT2D eigenvalue weighted by molar-refractivity contribution is -0.126. The molecule has 0 aliphatic carbocycles. The summed E-state index contributed by atoms with van der Waals surface area (Å²) in [5.74, 6) is -0.445. The first-order chi connectivity index (χ1) is 26.4. The first kappa shape index (κ1) is 42.3. The summed E-state index contributed by atoms with van der Waals surface area (Å²) >= 11 is 1.67. The Balaban J connectivity index is 0.000000236. The minimum Gasteiger partial charge on any atom is -0.395 e. The highest BCUT2D eigenvalue weighted by atomic mass is 32.2. The van der Waals surface area contributed by atoms with Crippen molar-refractivity contribution in [3.05, 3.63) is 138 Å². The summed E-state index contributed by atoms with van der Waals surface area (Å²) in [5.41, 5.74) is 1.64. The second-order valence-electron chi connectivity index (χ2n) is 14.9. The van der Waals surface area contributed by atoms with Gasteiger partial charge >= 0.3 is 0 Å². The van der Waals surface area contributed by atoms with E-state index in [9.17, 15) is 26.4 Å². The molecule has 0 unspecified atom stereocenters. The quantitative estimate of drug-likeness (QED) is 0.117. The number of hydrogen-bond acceptors (Lipinski definition) is 10. The highest BCUT2D eigenvalue weighted by Crippen LogP contribution is 2.40. The van der Waals surface area contributed by atoms with Gasteiger partial charge in [-0.25, -0.2) is 25.4 Å². The molecule has 0 radical (unpaired) electrons. The molecule has 0 bridgehead atoms. The monoisotopic (exact) mass is 816 g/mol. The first-order valence-electron chi connectivity index (χ1n) is 18.1. The fourth-order valence-electron chi connectivity index (χ4n) is 6.43. The second-order valence-corrected chi connectivity index (χ2v) is 19.5. The van der Waals surface area contributed by atoms with Crippen LogP contribution in [0.25, 0.3) is 20.9 Å². The number of sulfonamides is 2. The molecule has 14 heteroatoms. The molecule has 2 heterocycles. The van der Waals surface area contributed by atoms with Crippen LogP contribution in [0.2, 0.25) is 0 Å². The predicted octanol–water partition coefficient (Wildman–Crippen LogP) is 6.28. The van der Waals surface area contributed by atoms with Gasteiger partial charge in [-0.1, -0.05) is 109 Å². The standard InChI is InChI=1S/C27H28N2O3S2.C15H20N2O4S/c1-27(2,3)29-26(30)24(25(34(29,31)32)21-14-8-5-9-15-21)28-18-19-33-23-17-11-10-16-22(23)20-12-6-4-7-13-20;1-15(2,3)17-14(19)12(16-9-10-18)13(22(17,20)21)11-7-5-4-6-8-11/h4-17,28H,18-19H2,1-3H3;4-8,16,18H,9-10H2,1-3H3. The van der Waals surface area contributed by atoms with Crippen LogP contribution in [0.4, 0.5) is 0 Å². The van der Waals surface area contributed by atoms with E-state index in [0.29, 0.717) is 23.4 Å². The van der Waals surface area contributed by atoms with Crippen LogP contribution in [-0.4, -0.2) is 78.9 Å². The summed E-state index contributed by atoms with van der Waals surface area (Å²) in [6, 6.07) is 35.7. The zero-order valence-electron chi connectivity index (χ0n) is 32.3. The van der Waals surface area contributed by atoms with Crippen LogP contribution >= 0.6 is 11.8 Å². The van der Waals surface area contributed by atoms with Crippen molar-refractivity contribution in [1.82, 2.24) is 19.2 Å². The number of aliphatic hydroxyl groups is 1. The molecule has 6 rings (SSSR count). The maximum absolute atomic E-state index is 13.4. The first-order valence-corrected chi connectivity index (χ1v) is 21.9. The van der Waals surface area contributed by atoms with E-state index in [4.69, 9.17) is 5.11 Å². The van der Waals surface area contributed by atoms with Gasteiger partial charge < -0.3 is 15.7 Å². The molecule has 4 aromatic carbocycles. The van der Waals surface area contributed by atoms with E-state index in [2.05, 4.69) is 34.9 Å². The van der Waals surface area contributed by atoms with Crippen LogP contribution in [0.15, 0.2) is 132 Å². The normalized spacial score (nSPS) is 16.6. The molecule has 0 saturated carbocycles. The zero-order valence-corrected chi connectivity index (χ0v) is 34.8. The van der Waals surface area contributed by atoms with Crippen LogP contribution in [0.1, 0.15) is 52.7 Å². The zero-order chi connectivity index (χ0) is 40.9. The number of rotatable bonds is 11. The smallest absolute Gasteiger partial charge is 0.285 e. The number of aliphatic hydroxyl groups excluding tert-OH is 1. The van der Waals surface area contributed by atoms with Crippen molar-refractivity contribution >= 4 is 53.4 Å². The lowest BCUT2D eigenvalue weighted by Crippen LogP contribution is -2.46. The summed E-state index contributed by atoms with van der Waals surface area (Å²) in [6.07, 6.45) is 0. The highest BCUT2D eigenvalue weighted by molar-refractivity contribution is 8.00. The fraction of sp³-hybridized carbons (Fsp3) is 0.286. The van der Waals surface area contributed by atoms with E-state index in [-0.39, 0.29) is 34.4 Å². The van der Waals surface area contributed by atoms with Crippen molar-refractivity contribution in [2.24, 2.45) is 0 Å². The number of carbonyl (C=O) groups is 2. The lowest BCUT2D eigenvalue weighted by Gasteiger charge is -2.30. The molecule has 3 N–H and O–H groups in total. The minimum atomic E-state index is -3.97. The van der Waals surface area contributed by atoms with Gasteiger partial charge in [0, 0.05) is 23.7 Å². The van der Waals surface area contributed by atoms with E-state index in [1.807, 2.05) is 36.4 Å². The topological polar surface area (TPSA) is 153 Å². The van der Waals surface area contributed by atoms with E-state index >= 15 is 0 Å². The lowest BCUT2D eigenvalue weighted by atomic mass is 10.1. The molecule has 0 aromatic heterocycles. The van der Waals surface area contributed by atoms with Gasteiger partial charge in [0.25, 0.3) is 31.9 Å². The average molecular weight is 817 g/mol. The van der Waals surface area contributed by atoms with Crippen LogP contribution < -0.4 is 10.6 Å². The molecule has 2 aliphatic heterocycles. The van der Waals surface area contributed by atoms with E-state index in [0.717, 1.165) is 24.6 Å². The summed E-state index contributed by atoms with van der Waals surface area (Å²) < 4.78 is 54.5. The number of thioether (sulfide) groups is 1. The third-order valence-corrected chi connectivity index (χ3v) is 14.0. The molecule has 4 aromatic rings. The van der Waals surface area contributed by atoms with Crippen LogP contribution in [-0.2, 0) is 29.6 Å². The van der Waals surface area contributed by atoms with Gasteiger partial charge in [0.2, 0.25) is 0 Å². The van der Waals surface area contributed by atoms with Crippen LogP contribution in [0.5, 0.6) is 0 Å². The molecule has 2 amide bonds. The molecule has 2 aliphatic rings. The van der Waals surface area contributed by atoms with Crippen molar-refractivity contribution in [2.75, 3.05) is 25.4 Å². The Morgan fingerprint density at radius 1 is 0.554 bits per heavy atom. The van der Waals surface area contributed by atoms with Gasteiger partial charge in [0.05, 0.1) is 17.7 Å². The van der Waals surface area contributed by atoms with E-state index in [1.165, 1.54) is 0 Å². The number of carbonyl (C=O) groups excluding carboxylic acids is 2. The van der Waals surface area contributed by atoms with Crippen molar-refractivity contribution in [1.29, 1.82) is 0 Å². The van der Waals surface area contributed by atoms with Crippen molar-refractivity contribution in [3.8, 4) is 11.1 Å². The molecular weight excluding hydrogens is 769 g/mol. The Morgan fingerprint density at radius 3 is 1.34 bits per heavy atom. The Morgan fingerprint density at radius 2 is 0.929 bits per heavy atom. The van der Waals surface area contributed by atoms with Gasteiger partial charge in [-0.15, -0.1) is 11.8 Å². The Bertz CT molecular complexity index is 2340. The van der Waals surface area contributed by atoms with Crippen LogP contribution in [0, 0.1) is 0 Å². The van der Waals surface area contributed by atoms with E-state index in [1.54, 1.807) is 108 Å². The summed E-state index contributed by atoms with van der Waals surface area (Å²) in [5, 5.41) is 14.9. The van der Waals surface area contributed by atoms with Gasteiger partial charge in [-0.2, -0.15) is 0 Å². The van der Waals surface area contributed by atoms with E-state index < -0.39 is 42.9 Å². The van der Waals surface area contributed by atoms with Crippen molar-refractivity contribution < 1.29 is 31.5 Å². The Hall–Kier alpha value is -4.89. The third kappa shape index (κ3) is 8.88. The largest absolute Gasteiger partial charge is 0.395 e. The minimum absolute atomic E-state index is 0.00942. The molecule has 296 valence electrons. The molecule has 0 fully saturated rings. The van der Waals surface area contributed by atoms with Crippen molar-refractivity contribution in [2.45, 2.75) is 57.5 Å². The maximum Gasteiger partial charge on any atom is 0.285 e. The van der Waals surface area contributed by atoms with Crippen LogP contribution in [0.3, 0.4) is 0 Å². The third-order valence-electron chi connectivity index (χ3n) is 8.58. The number of hydrogen-bond donors (Lipinski definition) is 3. The maximum atomic E-state index is 13.4. The molecule has 11 nitrogen and oxygen atoms in total. The molecule has 56 heavy (non-hydrogen) atoms. The number of nitrogens with one attached hydrogen (secondary N) is 2. The fourth-order valence-corrected chi connectivity index (χ4v) is 11.5. The molecule has 0 atom stereocenters. The second kappa shape index (κ2) is 17.1. The molecule has 0 spiro atoms. The average Bonchev–Trinajstić information content (AvgIpc) is 3.49. The highest BCUT2D eigenvalue weighted by Gasteiger charge is 2.50. The van der Waals surface area contributed by atoms with Gasteiger partial charge in [-0.3, -0.25) is 9.59 Å². The number of benzene rings is 4. The number of amides is 2. The Kier molecular flexibility index (Phi) is 12.9. The molecule has 0 saturated heterocycles. The summed E-state index contributed by atoms with van der Waals surface area (Å²) in [7, 11) is -7.92. The van der Waals surface area contributed by atoms with Gasteiger partial charge in [-0.05, 0) is 69.9 Å². The van der Waals surface area contributed by atoms with Gasteiger partial charge in [0.1, 0.15) is 21.2 Å². The molecular formula is C42H48N4O7S3. The summed E-state index contributed by atoms with van der Waals surface area (Å²) in [6.45, 7) is 10.5. The summed E-state index contributed by atoms with van der Waals surface area (Å²) in [4.78, 5) is 27.0. The van der Waals surface area contributed by atoms with Gasteiger partial charge in [0.15, 0.2) is 0 Å².